The first-order valence-electron chi connectivity index (χ1n) is 43.6. The molecule has 36 heteroatoms. The number of nitrogens with two attached hydrogens (primary N) is 4. The third-order valence-electron chi connectivity index (χ3n) is 17.5. The second kappa shape index (κ2) is 74.7. The first-order valence-corrected chi connectivity index (χ1v) is 43.6. The molecule has 0 saturated heterocycles. The van der Waals surface area contributed by atoms with Gasteiger partial charge in [0.15, 0.2) is 0 Å². The Morgan fingerprint density at radius 2 is 0.582 bits per heavy atom. The van der Waals surface area contributed by atoms with Gasteiger partial charge in [-0.05, 0) is 96.2 Å². The number of carbonyl (C=O) groups excluding carboxylic acids is 1. The Kier molecular flexibility index (Phi) is 67.1. The molecule has 6 rings (SSSR count). The number of pyridine rings is 2. The number of hydrogen-bond donors (Lipinski definition) is 7. The molecule has 700 valence electrons. The number of imidazole rings is 2. The summed E-state index contributed by atoms with van der Waals surface area (Å²) in [6.45, 7) is 44.8. The molecule has 0 radical (unpaired) electrons. The third kappa shape index (κ3) is 57.1. The van der Waals surface area contributed by atoms with E-state index in [9.17, 15) is 9.59 Å². The Hall–Kier alpha value is -6.54. The van der Waals surface area contributed by atoms with Crippen molar-refractivity contribution in [1.29, 1.82) is 0 Å². The zero-order chi connectivity index (χ0) is 88.4. The van der Waals surface area contributed by atoms with Crippen LogP contribution in [0.15, 0.2) is 36.4 Å². The molecule has 0 aliphatic rings. The van der Waals surface area contributed by atoms with Crippen molar-refractivity contribution in [3.63, 3.8) is 0 Å². The number of unbranched alkanes of at least 4 members (excludes halogenated alkanes) is 2. The summed E-state index contributed by atoms with van der Waals surface area (Å²) in [6, 6.07) is 11.2. The van der Waals surface area contributed by atoms with Gasteiger partial charge in [0.2, 0.25) is 0 Å². The number of fused-ring (bicyclic) bond motifs is 6. The second-order valence-electron chi connectivity index (χ2n) is 28.3. The van der Waals surface area contributed by atoms with E-state index < -0.39 is 11.6 Å². The highest BCUT2D eigenvalue weighted by molar-refractivity contribution is 6.08. The van der Waals surface area contributed by atoms with Crippen molar-refractivity contribution in [1.82, 2.24) is 39.7 Å². The topological polar surface area (TPSA) is 442 Å². The number of anilines is 4. The summed E-state index contributed by atoms with van der Waals surface area (Å²) in [5.41, 5.74) is 29.6. The number of hydrogen-bond acceptors (Lipinski definition) is 33. The molecule has 4 aromatic heterocycles. The van der Waals surface area contributed by atoms with Gasteiger partial charge >= 0.3 is 11.9 Å². The standard InChI is InChI=1S/C31H63NO12.C27H55NO12.2C14H17N5/c1-6-32(7-2)9-11-35-13-15-37-17-19-39-21-23-41-25-27-43-29-28-42-26-24-40-22-20-38-18-16-36-14-12-34-10-8-30(33)44-31(3,4)5;1-3-28(4-2)6-8-32-10-12-34-14-16-36-18-20-38-22-24-40-26-25-39-23-21-37-19-17-35-15-13-33-11-9-31-7-5-27(29)30;2*1-2-3-4-11-18-12-9-7-8(15)5-6-10(9)17-14(16)13(12)19-11/h6-29H2,1-5H3;3-26H2,1-2H3,(H,29,30);2*5-7H,2-4,15H2,1H3,(H2,16,17)(H,18,19). The van der Waals surface area contributed by atoms with Crippen molar-refractivity contribution in [3.05, 3.63) is 48.0 Å². The molecule has 0 aliphatic heterocycles. The highest BCUT2D eigenvalue weighted by atomic mass is 16.6. The number of H-pyrrole nitrogens is 2. The lowest BCUT2D eigenvalue weighted by Crippen LogP contribution is -2.27. The lowest BCUT2D eigenvalue weighted by Gasteiger charge is -2.19. The summed E-state index contributed by atoms with van der Waals surface area (Å²) >= 11 is 0. The number of esters is 1. The van der Waals surface area contributed by atoms with Gasteiger partial charge in [-0.25, -0.2) is 19.9 Å². The van der Waals surface area contributed by atoms with Gasteiger partial charge in [-0.1, -0.05) is 54.4 Å². The number of rotatable bonds is 76. The molecule has 4 heterocycles. The Morgan fingerprint density at radius 3 is 0.811 bits per heavy atom. The number of nitrogens with zero attached hydrogens (tertiary/aromatic N) is 6. The monoisotopic (exact) mass is 1740 g/mol. The van der Waals surface area contributed by atoms with Gasteiger partial charge in [-0.15, -0.1) is 0 Å². The summed E-state index contributed by atoms with van der Waals surface area (Å²) in [7, 11) is 0. The van der Waals surface area contributed by atoms with Crippen LogP contribution in [0, 0.1) is 0 Å². The van der Waals surface area contributed by atoms with Crippen LogP contribution < -0.4 is 22.9 Å². The van der Waals surface area contributed by atoms with Crippen LogP contribution in [-0.2, 0) is 122 Å². The smallest absolute Gasteiger partial charge is 0.308 e. The fourth-order valence-electron chi connectivity index (χ4n) is 10.9. The maximum Gasteiger partial charge on any atom is 0.308 e. The third-order valence-corrected chi connectivity index (χ3v) is 17.5. The maximum absolute atomic E-state index is 11.6. The number of aliphatic carboxylic acids is 1. The summed E-state index contributed by atoms with van der Waals surface area (Å²) in [5.74, 6) is 1.76. The van der Waals surface area contributed by atoms with Crippen molar-refractivity contribution >= 4 is 78.8 Å². The maximum atomic E-state index is 11.6. The highest BCUT2D eigenvalue weighted by Gasteiger charge is 2.17. The van der Waals surface area contributed by atoms with Gasteiger partial charge in [0.1, 0.15) is 51.0 Å². The minimum atomic E-state index is -0.871. The molecule has 11 N–H and O–H groups in total. The van der Waals surface area contributed by atoms with Crippen LogP contribution in [0.25, 0.3) is 43.9 Å². The fraction of sp³-hybridized carbons (Fsp3) is 0.744. The highest BCUT2D eigenvalue weighted by Crippen LogP contribution is 2.29. The summed E-state index contributed by atoms with van der Waals surface area (Å²) < 4.78 is 114. The molecule has 0 fully saturated rings. The molecule has 122 heavy (non-hydrogen) atoms. The number of carboxylic acids is 1. The molecular weight excluding hydrogens is 1590 g/mol. The van der Waals surface area contributed by atoms with Gasteiger partial charge in [-0.3, -0.25) is 9.59 Å². The first-order chi connectivity index (χ1) is 59.5. The summed E-state index contributed by atoms with van der Waals surface area (Å²) in [4.78, 5) is 51.1. The van der Waals surface area contributed by atoms with Crippen LogP contribution in [-0.4, -0.2) is 366 Å². The molecule has 0 unspecified atom stereocenters. The SMILES string of the molecule is CCCCc1nc2c([nH]1)c(N)nc1ccc(N)cc12.CCCCc1nc2c([nH]1)c(N)nc1ccc(N)cc12.CCN(CC)CCOCCOCCOCCOCCOCCOCCOCCOCCOCCOCCC(=O)O.CCN(CC)CCOCCOCCOCCOCCOCCOCCOCCOCCOCCOCCC(=O)OC(C)(C)C. The molecule has 6 aromatic rings. The Balaban J connectivity index is 0.000000445. The predicted molar refractivity (Wildman–Crippen MR) is 472 cm³/mol. The molecule has 0 amide bonds. The fourth-order valence-corrected chi connectivity index (χ4v) is 10.9. The van der Waals surface area contributed by atoms with Gasteiger partial charge in [0.05, 0.1) is 288 Å². The van der Waals surface area contributed by atoms with Crippen LogP contribution in [0.5, 0.6) is 0 Å². The number of carbonyl (C=O) groups is 2. The molecule has 0 atom stereocenters. The minimum Gasteiger partial charge on any atom is -0.481 e. The number of likely N-dealkylation sites (N-methyl/N-ethyl adjacent to an activating group) is 2. The number of benzene rings is 2. The van der Waals surface area contributed by atoms with Gasteiger partial charge in [0.25, 0.3) is 0 Å². The van der Waals surface area contributed by atoms with Crippen molar-refractivity contribution < 1.29 is 114 Å². The zero-order valence-electron chi connectivity index (χ0n) is 75.0. The van der Waals surface area contributed by atoms with E-state index in [0.29, 0.717) is 267 Å². The van der Waals surface area contributed by atoms with Gasteiger partial charge in [0, 0.05) is 48.1 Å². The van der Waals surface area contributed by atoms with E-state index in [2.05, 4.69) is 81.2 Å². The minimum absolute atomic E-state index is 0.00155. The lowest BCUT2D eigenvalue weighted by molar-refractivity contribution is -0.156. The molecule has 2 aromatic carbocycles. The van der Waals surface area contributed by atoms with Gasteiger partial charge < -0.3 is 147 Å². The number of ether oxygens (including phenoxy) is 21. The number of aromatic amines is 2. The Morgan fingerprint density at radius 1 is 0.344 bits per heavy atom. The van der Waals surface area contributed by atoms with Crippen LogP contribution in [0.2, 0.25) is 0 Å². The largest absolute Gasteiger partial charge is 0.481 e. The number of aromatic nitrogens is 6. The van der Waals surface area contributed by atoms with Crippen molar-refractivity contribution in [2.75, 3.05) is 326 Å². The van der Waals surface area contributed by atoms with Crippen LogP contribution in [0.4, 0.5) is 23.0 Å². The number of nitrogen functional groups attached to an aromatic ring is 4. The van der Waals surface area contributed by atoms with E-state index >= 15 is 0 Å². The molecule has 0 aliphatic carbocycles. The molecule has 36 nitrogen and oxygen atoms in total. The first kappa shape index (κ1) is 110. The van der Waals surface area contributed by atoms with E-state index in [1.54, 1.807) is 0 Å². The average Bonchev–Trinajstić information content (AvgIpc) is 1.61. The van der Waals surface area contributed by atoms with Crippen molar-refractivity contribution in [3.8, 4) is 0 Å². The van der Waals surface area contributed by atoms with E-state index in [0.717, 1.165) is 147 Å². The van der Waals surface area contributed by atoms with Gasteiger partial charge in [-0.2, -0.15) is 0 Å². The van der Waals surface area contributed by atoms with E-state index in [4.69, 9.17) is 128 Å². The summed E-state index contributed by atoms with van der Waals surface area (Å²) in [6.07, 6.45) is 6.57. The van der Waals surface area contributed by atoms with E-state index in [-0.39, 0.29) is 25.4 Å². The predicted octanol–water partition coefficient (Wildman–Crippen LogP) is 8.43. The number of carboxylic acid groups (broad SMARTS) is 1. The molecule has 0 spiro atoms. The van der Waals surface area contributed by atoms with Crippen LogP contribution in [0.1, 0.15) is 112 Å². The normalized spacial score (nSPS) is 11.7. The Bertz CT molecular complexity index is 3350. The molecular formula is C86H152N12O24. The summed E-state index contributed by atoms with van der Waals surface area (Å²) in [5, 5.41) is 10.4. The molecule has 0 saturated carbocycles. The van der Waals surface area contributed by atoms with Crippen molar-refractivity contribution in [2.24, 2.45) is 0 Å². The Labute approximate surface area is 723 Å². The quantitative estimate of drug-likeness (QED) is 0.0107. The van der Waals surface area contributed by atoms with Crippen molar-refractivity contribution in [2.45, 2.75) is 119 Å². The zero-order valence-corrected chi connectivity index (χ0v) is 75.0. The molecule has 0 bridgehead atoms. The van der Waals surface area contributed by atoms with E-state index in [1.807, 2.05) is 57.2 Å². The second-order valence-corrected chi connectivity index (χ2v) is 28.3. The van der Waals surface area contributed by atoms with Crippen LogP contribution >= 0.6 is 0 Å². The van der Waals surface area contributed by atoms with E-state index in [1.165, 1.54) is 0 Å². The lowest BCUT2D eigenvalue weighted by atomic mass is 10.1. The number of nitrogens with one attached hydrogen (secondary N) is 2. The average molecular weight is 1740 g/mol. The number of aryl methyl sites for hydroxylation is 2. The van der Waals surface area contributed by atoms with Crippen LogP contribution in [0.3, 0.4) is 0 Å².